The third-order valence-electron chi connectivity index (χ3n) is 1.64. The number of anilines is 1. The van der Waals surface area contributed by atoms with Crippen molar-refractivity contribution in [3.63, 3.8) is 0 Å². The van der Waals surface area contributed by atoms with Crippen LogP contribution in [0.5, 0.6) is 0 Å². The Morgan fingerprint density at radius 2 is 2.07 bits per heavy atom. The molecule has 4 N–H and O–H groups in total. The molecule has 0 aliphatic heterocycles. The summed E-state index contributed by atoms with van der Waals surface area (Å²) in [7, 11) is -3.71. The Balaban J connectivity index is 2.75. The number of fused-ring (bicyclic) bond motifs is 1. The molecule has 5 nitrogen and oxygen atoms in total. The van der Waals surface area contributed by atoms with Crippen molar-refractivity contribution in [3.05, 3.63) is 18.2 Å². The summed E-state index contributed by atoms with van der Waals surface area (Å²) in [5, 5.41) is 4.95. The molecule has 0 saturated carbocycles. The molecule has 1 aromatic heterocycles. The molecule has 0 aliphatic carbocycles. The van der Waals surface area contributed by atoms with Crippen LogP contribution in [0.3, 0.4) is 0 Å². The van der Waals surface area contributed by atoms with Crippen molar-refractivity contribution in [3.8, 4) is 0 Å². The molecule has 2 rings (SSSR count). The maximum Gasteiger partial charge on any atom is 0.265 e. The van der Waals surface area contributed by atoms with Gasteiger partial charge in [-0.25, -0.2) is 18.5 Å². The maximum absolute atomic E-state index is 11.0. The highest BCUT2D eigenvalue weighted by molar-refractivity contribution is 7.91. The Kier molecular flexibility index (Phi) is 1.95. The second-order valence-electron chi connectivity index (χ2n) is 2.75. The van der Waals surface area contributed by atoms with Gasteiger partial charge in [-0.2, -0.15) is 0 Å². The van der Waals surface area contributed by atoms with Gasteiger partial charge in [0.15, 0.2) is 0 Å². The molecule has 0 aliphatic rings. The van der Waals surface area contributed by atoms with Crippen LogP contribution >= 0.6 is 11.3 Å². The van der Waals surface area contributed by atoms with Gasteiger partial charge in [0.1, 0.15) is 0 Å². The van der Waals surface area contributed by atoms with E-state index in [1.54, 1.807) is 18.2 Å². The van der Waals surface area contributed by atoms with Crippen molar-refractivity contribution >= 4 is 37.3 Å². The summed E-state index contributed by atoms with van der Waals surface area (Å²) in [6.07, 6.45) is 0. The van der Waals surface area contributed by atoms with E-state index < -0.39 is 10.0 Å². The van der Waals surface area contributed by atoms with E-state index in [0.717, 1.165) is 16.0 Å². The number of hydrogen-bond acceptors (Lipinski definition) is 5. The van der Waals surface area contributed by atoms with Crippen molar-refractivity contribution < 1.29 is 8.42 Å². The number of benzene rings is 1. The highest BCUT2D eigenvalue weighted by Crippen LogP contribution is 2.25. The molecule has 0 bridgehead atoms. The molecule has 0 spiro atoms. The lowest BCUT2D eigenvalue weighted by molar-refractivity contribution is 0.597. The average molecular weight is 229 g/mol. The summed E-state index contributed by atoms with van der Waals surface area (Å²) < 4.78 is 22.6. The molecule has 74 valence electrons. The molecule has 0 saturated heterocycles. The molecular formula is C7H7N3O2S2. The number of primary sulfonamides is 1. The van der Waals surface area contributed by atoms with Gasteiger partial charge in [0.2, 0.25) is 4.34 Å². The van der Waals surface area contributed by atoms with E-state index in [1.165, 1.54) is 0 Å². The first kappa shape index (κ1) is 9.38. The molecule has 0 amide bonds. The van der Waals surface area contributed by atoms with Crippen LogP contribution < -0.4 is 10.9 Å². The van der Waals surface area contributed by atoms with Gasteiger partial charge in [0, 0.05) is 5.69 Å². The summed E-state index contributed by atoms with van der Waals surface area (Å²) in [5.41, 5.74) is 6.63. The van der Waals surface area contributed by atoms with Crippen molar-refractivity contribution in [1.29, 1.82) is 0 Å². The van der Waals surface area contributed by atoms with Crippen molar-refractivity contribution in [2.45, 2.75) is 4.34 Å². The van der Waals surface area contributed by atoms with Crippen LogP contribution in [0.4, 0.5) is 5.69 Å². The third-order valence-corrected chi connectivity index (χ3v) is 3.99. The monoisotopic (exact) mass is 229 g/mol. The Labute approximate surface area is 84.4 Å². The quantitative estimate of drug-likeness (QED) is 0.696. The normalized spacial score (nSPS) is 12.1. The van der Waals surface area contributed by atoms with Gasteiger partial charge in [-0.15, -0.1) is 11.3 Å². The predicted molar refractivity (Wildman–Crippen MR) is 55.4 cm³/mol. The lowest BCUT2D eigenvalue weighted by Crippen LogP contribution is -2.11. The van der Waals surface area contributed by atoms with Crippen LogP contribution in [0.1, 0.15) is 0 Å². The summed E-state index contributed by atoms with van der Waals surface area (Å²) in [6, 6.07) is 5.02. The fourth-order valence-corrected chi connectivity index (χ4v) is 2.68. The molecule has 1 heterocycles. The number of rotatable bonds is 1. The molecule has 14 heavy (non-hydrogen) atoms. The van der Waals surface area contributed by atoms with Gasteiger partial charge in [0.25, 0.3) is 10.0 Å². The molecule has 0 unspecified atom stereocenters. The number of aromatic nitrogens is 1. The zero-order valence-corrected chi connectivity index (χ0v) is 8.60. The van der Waals surface area contributed by atoms with Gasteiger partial charge in [-0.1, -0.05) is 0 Å². The average Bonchev–Trinajstić information content (AvgIpc) is 2.45. The molecular weight excluding hydrogens is 222 g/mol. The van der Waals surface area contributed by atoms with Crippen LogP contribution in [-0.4, -0.2) is 13.4 Å². The predicted octanol–water partition coefficient (Wildman–Crippen LogP) is 0.526. The SMILES string of the molecule is Nc1ccc2sc(S(N)(=O)=O)nc2c1. The molecule has 2 aromatic rings. The lowest BCUT2D eigenvalue weighted by Gasteiger charge is -1.89. The number of thiazole rings is 1. The van der Waals surface area contributed by atoms with Crippen molar-refractivity contribution in [2.24, 2.45) is 5.14 Å². The van der Waals surface area contributed by atoms with E-state index >= 15 is 0 Å². The van der Waals surface area contributed by atoms with Gasteiger partial charge in [-0.3, -0.25) is 0 Å². The lowest BCUT2D eigenvalue weighted by atomic mass is 10.3. The van der Waals surface area contributed by atoms with Crippen LogP contribution in [0.25, 0.3) is 10.2 Å². The first-order chi connectivity index (χ1) is 6.47. The largest absolute Gasteiger partial charge is 0.399 e. The summed E-state index contributed by atoms with van der Waals surface area (Å²) >= 11 is 1.03. The van der Waals surface area contributed by atoms with Gasteiger partial charge >= 0.3 is 0 Å². The third kappa shape index (κ3) is 1.57. The Morgan fingerprint density at radius 1 is 1.36 bits per heavy atom. The van der Waals surface area contributed by atoms with E-state index in [4.69, 9.17) is 10.9 Å². The van der Waals surface area contributed by atoms with E-state index in [9.17, 15) is 8.42 Å². The van der Waals surface area contributed by atoms with E-state index in [1.807, 2.05) is 0 Å². The highest BCUT2D eigenvalue weighted by Gasteiger charge is 2.13. The van der Waals surface area contributed by atoms with E-state index in [2.05, 4.69) is 4.98 Å². The zero-order valence-electron chi connectivity index (χ0n) is 6.97. The number of nitrogen functional groups attached to an aromatic ring is 1. The number of hydrogen-bond donors (Lipinski definition) is 2. The van der Waals surface area contributed by atoms with E-state index in [-0.39, 0.29) is 4.34 Å². The minimum atomic E-state index is -3.71. The van der Waals surface area contributed by atoms with Crippen LogP contribution in [0.15, 0.2) is 22.5 Å². The molecule has 1 aromatic carbocycles. The smallest absolute Gasteiger partial charge is 0.265 e. The van der Waals surface area contributed by atoms with Crippen molar-refractivity contribution in [2.75, 3.05) is 5.73 Å². The van der Waals surface area contributed by atoms with Gasteiger partial charge in [-0.05, 0) is 18.2 Å². The molecule has 0 fully saturated rings. The molecule has 0 radical (unpaired) electrons. The minimum Gasteiger partial charge on any atom is -0.399 e. The van der Waals surface area contributed by atoms with Crippen LogP contribution in [0, 0.1) is 0 Å². The number of nitrogens with two attached hydrogens (primary N) is 2. The summed E-state index contributed by atoms with van der Waals surface area (Å²) in [6.45, 7) is 0. The van der Waals surface area contributed by atoms with E-state index in [0.29, 0.717) is 11.2 Å². The standard InChI is InChI=1S/C7H7N3O2S2/c8-4-1-2-6-5(3-4)10-7(13-6)14(9,11)12/h1-3H,8H2,(H2,9,11,12). The Hall–Kier alpha value is -1.18. The highest BCUT2D eigenvalue weighted by atomic mass is 32.2. The maximum atomic E-state index is 11.0. The molecule has 0 atom stereocenters. The topological polar surface area (TPSA) is 99.1 Å². The summed E-state index contributed by atoms with van der Waals surface area (Å²) in [4.78, 5) is 3.87. The minimum absolute atomic E-state index is 0.0851. The van der Waals surface area contributed by atoms with Crippen LogP contribution in [0.2, 0.25) is 0 Å². The first-order valence-electron chi connectivity index (χ1n) is 3.66. The Bertz CT molecular complexity index is 588. The first-order valence-corrected chi connectivity index (χ1v) is 6.02. The van der Waals surface area contributed by atoms with Crippen molar-refractivity contribution in [1.82, 2.24) is 4.98 Å². The molecule has 7 heteroatoms. The second kappa shape index (κ2) is 2.91. The summed E-state index contributed by atoms with van der Waals surface area (Å²) in [5.74, 6) is 0. The van der Waals surface area contributed by atoms with Gasteiger partial charge < -0.3 is 5.73 Å². The fourth-order valence-electron chi connectivity index (χ4n) is 1.05. The number of nitrogens with zero attached hydrogens (tertiary/aromatic N) is 1. The van der Waals surface area contributed by atoms with Gasteiger partial charge in [0.05, 0.1) is 10.2 Å². The number of sulfonamides is 1. The Morgan fingerprint density at radius 3 is 2.71 bits per heavy atom. The fraction of sp³-hybridized carbons (Fsp3) is 0. The second-order valence-corrected chi connectivity index (χ2v) is 5.52. The van der Waals surface area contributed by atoms with Crippen LogP contribution in [-0.2, 0) is 10.0 Å². The zero-order chi connectivity index (χ0) is 10.3.